The van der Waals surface area contributed by atoms with E-state index in [1.807, 2.05) is 17.0 Å². The van der Waals surface area contributed by atoms with E-state index in [2.05, 4.69) is 11.0 Å². The van der Waals surface area contributed by atoms with Gasteiger partial charge < -0.3 is 44.3 Å². The summed E-state index contributed by atoms with van der Waals surface area (Å²) in [5, 5.41) is 40.7. The molecule has 8 rings (SSSR count). The molecule has 1 atom stereocenters. The average Bonchev–Trinajstić information content (AvgIpc) is 3.68. The molecule has 3 aromatic carbocycles. The summed E-state index contributed by atoms with van der Waals surface area (Å²) in [6, 6.07) is 15.8. The van der Waals surface area contributed by atoms with Gasteiger partial charge >= 0.3 is 0 Å². The summed E-state index contributed by atoms with van der Waals surface area (Å²) in [6.45, 7) is 4.12. The molecular weight excluding hydrogens is 691 g/mol. The number of phenols is 2. The normalized spacial score (nSPS) is 20.2. The van der Waals surface area contributed by atoms with Gasteiger partial charge in [0.05, 0.1) is 0 Å². The van der Waals surface area contributed by atoms with Crippen molar-refractivity contribution < 1.29 is 49.0 Å². The number of allylic oxidation sites excluding steroid dienone is 2. The van der Waals surface area contributed by atoms with Crippen LogP contribution in [0.2, 0.25) is 5.02 Å². The first-order valence-electron chi connectivity index (χ1n) is 15.7. The topological polar surface area (TPSA) is 158 Å². The van der Waals surface area contributed by atoms with Crippen LogP contribution >= 0.6 is 24.0 Å². The lowest BCUT2D eigenvalue weighted by Crippen LogP contribution is -2.49. The number of fused-ring (bicyclic) bond motifs is 5. The van der Waals surface area contributed by atoms with Crippen molar-refractivity contribution >= 4 is 41.3 Å². The van der Waals surface area contributed by atoms with Crippen LogP contribution < -0.4 is 14.2 Å². The quantitative estimate of drug-likeness (QED) is 0.278. The highest BCUT2D eigenvalue weighted by molar-refractivity contribution is 6.30. The lowest BCUT2D eigenvalue weighted by Gasteiger charge is -2.34. The molecule has 0 aromatic heterocycles. The molecule has 1 fully saturated rings. The second-order valence-electron chi connectivity index (χ2n) is 12.2. The van der Waals surface area contributed by atoms with Crippen LogP contribution in [-0.4, -0.2) is 93.7 Å². The van der Waals surface area contributed by atoms with E-state index in [0.29, 0.717) is 46.1 Å². The van der Waals surface area contributed by atoms with Crippen molar-refractivity contribution in [3.63, 3.8) is 0 Å². The number of carbonyl (C=O) groups excluding carboxylic acids is 2. The number of aliphatic hydroxyl groups is 2. The fourth-order valence-electron chi connectivity index (χ4n) is 6.48. The Kier molecular flexibility index (Phi) is 9.90. The Balaban J connectivity index is 0.000000173. The molecule has 0 saturated carbocycles. The van der Waals surface area contributed by atoms with E-state index in [4.69, 9.17) is 30.5 Å². The predicted molar refractivity (Wildman–Crippen MR) is 184 cm³/mol. The van der Waals surface area contributed by atoms with Crippen molar-refractivity contribution in [3.8, 4) is 28.7 Å². The molecule has 3 aliphatic heterocycles. The number of amides is 1. The van der Waals surface area contributed by atoms with E-state index in [-0.39, 0.29) is 62.0 Å². The Morgan fingerprint density at radius 3 is 2.38 bits per heavy atom. The number of benzene rings is 3. The maximum Gasteiger partial charge on any atom is 0.260 e. The van der Waals surface area contributed by atoms with Crippen LogP contribution in [0.15, 0.2) is 83.8 Å². The van der Waals surface area contributed by atoms with Crippen LogP contribution in [0.25, 0.3) is 5.57 Å². The van der Waals surface area contributed by atoms with Gasteiger partial charge in [-0.15, -0.1) is 12.4 Å². The smallest absolute Gasteiger partial charge is 0.260 e. The molecule has 3 aromatic rings. The molecule has 1 amide bonds. The molecule has 4 N–H and O–H groups in total. The van der Waals surface area contributed by atoms with E-state index in [0.717, 1.165) is 31.1 Å². The van der Waals surface area contributed by atoms with Crippen molar-refractivity contribution in [2.45, 2.75) is 18.6 Å². The number of hydrogen-bond acceptors (Lipinski definition) is 11. The number of piperazine rings is 1. The molecular formula is C36H34Cl2N2O10. The second kappa shape index (κ2) is 14.2. The highest BCUT2D eigenvalue weighted by Crippen LogP contribution is 2.50. The third-order valence-corrected chi connectivity index (χ3v) is 9.23. The number of carbonyl (C=O) groups is 2. The van der Waals surface area contributed by atoms with Gasteiger partial charge in [-0.25, -0.2) is 0 Å². The van der Waals surface area contributed by atoms with Gasteiger partial charge in [-0.3, -0.25) is 14.5 Å². The molecule has 0 spiro atoms. The maximum absolute atomic E-state index is 12.4. The standard InChI is InChI=1S/C20H21ClN2O4.C16H12O6.ClH/c21-16-2-4-17(5-3-16)25-13-20(24)23-9-7-22(8-10-23)12-15-1-6-18-19(11-15)27-14-26-18;17-10-2-1-8-13-9-4-12(19)11(18)3-7(9)5-16(13,21)6-22-15(8)14(10)20;/h1-6,11H,7-10,12-14H2;1-4,18-21H,5-6H2;1H. The summed E-state index contributed by atoms with van der Waals surface area (Å²) < 4.78 is 21.7. The van der Waals surface area contributed by atoms with Crippen LogP contribution in [-0.2, 0) is 27.3 Å². The molecule has 262 valence electrons. The molecule has 2 aliphatic carbocycles. The summed E-state index contributed by atoms with van der Waals surface area (Å²) in [7, 11) is 0. The second-order valence-corrected chi connectivity index (χ2v) is 12.7. The minimum Gasteiger partial charge on any atom is -0.504 e. The highest BCUT2D eigenvalue weighted by atomic mass is 35.5. The molecule has 1 unspecified atom stereocenters. The number of halogens is 2. The number of phenolic OH excluding ortho intramolecular Hbond substituents is 2. The van der Waals surface area contributed by atoms with Gasteiger partial charge in [-0.05, 0) is 77.4 Å². The number of ketones is 1. The van der Waals surface area contributed by atoms with Crippen LogP contribution in [0.3, 0.4) is 0 Å². The van der Waals surface area contributed by atoms with Gasteiger partial charge in [-0.2, -0.15) is 0 Å². The molecule has 0 bridgehead atoms. The van der Waals surface area contributed by atoms with E-state index >= 15 is 0 Å². The number of nitrogens with zero attached hydrogens (tertiary/aromatic N) is 2. The van der Waals surface area contributed by atoms with Crippen molar-refractivity contribution in [2.75, 3.05) is 46.2 Å². The van der Waals surface area contributed by atoms with Crippen LogP contribution in [0.5, 0.6) is 28.7 Å². The van der Waals surface area contributed by atoms with Crippen molar-refractivity contribution in [1.29, 1.82) is 0 Å². The summed E-state index contributed by atoms with van der Waals surface area (Å²) in [6.07, 6.45) is 2.90. The first-order valence-corrected chi connectivity index (χ1v) is 16.0. The Bertz CT molecular complexity index is 1920. The van der Waals surface area contributed by atoms with E-state index in [1.165, 1.54) is 29.8 Å². The number of aromatic hydroxyl groups is 2. The Morgan fingerprint density at radius 1 is 0.900 bits per heavy atom. The fourth-order valence-corrected chi connectivity index (χ4v) is 6.61. The van der Waals surface area contributed by atoms with E-state index in [1.54, 1.807) is 24.3 Å². The molecule has 0 radical (unpaired) electrons. The van der Waals surface area contributed by atoms with Crippen molar-refractivity contribution in [3.05, 3.63) is 106 Å². The first-order chi connectivity index (χ1) is 23.6. The Labute approximate surface area is 298 Å². The molecule has 1 saturated heterocycles. The van der Waals surface area contributed by atoms with Crippen LogP contribution in [0, 0.1) is 0 Å². The Morgan fingerprint density at radius 2 is 1.62 bits per heavy atom. The molecule has 12 nitrogen and oxygen atoms in total. The fraction of sp³-hybridized carbons (Fsp3) is 0.278. The summed E-state index contributed by atoms with van der Waals surface area (Å²) in [5.74, 6) is 0.679. The zero-order valence-electron chi connectivity index (χ0n) is 26.6. The van der Waals surface area contributed by atoms with Crippen LogP contribution in [0.1, 0.15) is 16.7 Å². The Hall–Kier alpha value is -4.88. The van der Waals surface area contributed by atoms with E-state index in [9.17, 15) is 30.0 Å². The van der Waals surface area contributed by atoms with Gasteiger partial charge in [0, 0.05) is 55.3 Å². The van der Waals surface area contributed by atoms with Gasteiger partial charge in [0.25, 0.3) is 5.91 Å². The van der Waals surface area contributed by atoms with Gasteiger partial charge in [-0.1, -0.05) is 17.7 Å². The monoisotopic (exact) mass is 724 g/mol. The van der Waals surface area contributed by atoms with Crippen LogP contribution in [0.4, 0.5) is 0 Å². The highest BCUT2D eigenvalue weighted by Gasteiger charge is 2.48. The summed E-state index contributed by atoms with van der Waals surface area (Å²) in [4.78, 5) is 28.1. The zero-order valence-corrected chi connectivity index (χ0v) is 28.2. The number of aliphatic hydroxyl groups excluding tert-OH is 1. The summed E-state index contributed by atoms with van der Waals surface area (Å²) in [5.41, 5.74) is 1.98. The lowest BCUT2D eigenvalue weighted by molar-refractivity contribution is -0.135. The maximum atomic E-state index is 12.4. The largest absolute Gasteiger partial charge is 0.504 e. The molecule has 3 heterocycles. The minimum absolute atomic E-state index is 0. The number of ether oxygens (including phenoxy) is 4. The van der Waals surface area contributed by atoms with Gasteiger partial charge in [0.1, 0.15) is 18.0 Å². The third-order valence-electron chi connectivity index (χ3n) is 8.98. The lowest BCUT2D eigenvalue weighted by atomic mass is 9.85. The number of rotatable bonds is 5. The average molecular weight is 726 g/mol. The minimum atomic E-state index is -1.33. The molecule has 5 aliphatic rings. The predicted octanol–water partition coefficient (Wildman–Crippen LogP) is 4.29. The number of hydrogen-bond donors (Lipinski definition) is 4. The van der Waals surface area contributed by atoms with E-state index < -0.39 is 17.1 Å². The third kappa shape index (κ3) is 6.92. The van der Waals surface area contributed by atoms with Gasteiger partial charge in [0.15, 0.2) is 35.4 Å². The van der Waals surface area contributed by atoms with Crippen molar-refractivity contribution in [1.82, 2.24) is 9.80 Å². The first kappa shape index (κ1) is 35.0. The molecule has 50 heavy (non-hydrogen) atoms. The van der Waals surface area contributed by atoms with Gasteiger partial charge in [0.2, 0.25) is 18.3 Å². The summed E-state index contributed by atoms with van der Waals surface area (Å²) >= 11 is 5.85. The van der Waals surface area contributed by atoms with Crippen molar-refractivity contribution in [2.24, 2.45) is 0 Å². The zero-order chi connectivity index (χ0) is 34.3. The molecule has 14 heteroatoms. The SMILES string of the molecule is Cl.O=C(COc1ccc(Cl)cc1)N1CCN(Cc2ccc3c(c2)OCO3)CC1.O=C1C=CC2=C3c4cc(O)c(O)cc4CC3(O)COC2=C1O.